The molecule has 0 radical (unpaired) electrons. The van der Waals surface area contributed by atoms with Crippen LogP contribution in [0.1, 0.15) is 23.0 Å². The first-order valence-corrected chi connectivity index (χ1v) is 6.50. The molecule has 1 saturated carbocycles. The van der Waals surface area contributed by atoms with Crippen LogP contribution in [0.15, 0.2) is 60.7 Å². The second-order valence-electron chi connectivity index (χ2n) is 4.92. The van der Waals surface area contributed by atoms with Crippen molar-refractivity contribution in [2.45, 2.75) is 11.8 Å². The SMILES string of the molecule is COC(=O)C1[C@@H](c2ccccc2)[C@@H]1c1ccccc1. The minimum atomic E-state index is -0.109. The molecule has 0 spiro atoms. The van der Waals surface area contributed by atoms with Gasteiger partial charge in [-0.1, -0.05) is 60.7 Å². The molecule has 0 aromatic heterocycles. The van der Waals surface area contributed by atoms with Gasteiger partial charge in [0.15, 0.2) is 0 Å². The molecule has 2 nitrogen and oxygen atoms in total. The normalized spacial score (nSPS) is 24.8. The summed E-state index contributed by atoms with van der Waals surface area (Å²) < 4.78 is 4.94. The van der Waals surface area contributed by atoms with Crippen LogP contribution in [-0.2, 0) is 9.53 Å². The highest BCUT2D eigenvalue weighted by Crippen LogP contribution is 2.60. The van der Waals surface area contributed by atoms with E-state index in [1.807, 2.05) is 36.4 Å². The van der Waals surface area contributed by atoms with Gasteiger partial charge in [0.25, 0.3) is 0 Å². The number of carbonyl (C=O) groups is 1. The van der Waals surface area contributed by atoms with Crippen LogP contribution in [-0.4, -0.2) is 13.1 Å². The monoisotopic (exact) mass is 252 g/mol. The van der Waals surface area contributed by atoms with Crippen LogP contribution in [0, 0.1) is 5.92 Å². The summed E-state index contributed by atoms with van der Waals surface area (Å²) in [5.41, 5.74) is 2.43. The van der Waals surface area contributed by atoms with Crippen molar-refractivity contribution in [2.75, 3.05) is 7.11 Å². The lowest BCUT2D eigenvalue weighted by Gasteiger charge is -1.99. The third kappa shape index (κ3) is 2.14. The Balaban J connectivity index is 1.93. The highest BCUT2D eigenvalue weighted by Gasteiger charge is 2.56. The Labute approximate surface area is 113 Å². The highest BCUT2D eigenvalue weighted by molar-refractivity contribution is 5.80. The van der Waals surface area contributed by atoms with E-state index in [-0.39, 0.29) is 23.7 Å². The smallest absolute Gasteiger partial charge is 0.309 e. The van der Waals surface area contributed by atoms with Crippen LogP contribution in [0.3, 0.4) is 0 Å². The summed E-state index contributed by atoms with van der Waals surface area (Å²) in [6, 6.07) is 20.4. The largest absolute Gasteiger partial charge is 0.469 e. The first-order valence-electron chi connectivity index (χ1n) is 6.50. The second kappa shape index (κ2) is 4.88. The van der Waals surface area contributed by atoms with E-state index < -0.39 is 0 Å². The summed E-state index contributed by atoms with van der Waals surface area (Å²) in [5.74, 6) is 0.338. The standard InChI is InChI=1S/C17H16O2/c1-19-17(18)16-14(12-8-4-2-5-9-12)15(16)13-10-6-3-7-11-13/h2-11,14-16H,1H3/t14-,15-/m0/s1. The molecule has 0 amide bonds. The Kier molecular flexibility index (Phi) is 3.08. The van der Waals surface area contributed by atoms with Gasteiger partial charge in [-0.05, 0) is 11.1 Å². The molecule has 0 saturated heterocycles. The van der Waals surface area contributed by atoms with Gasteiger partial charge in [0.05, 0.1) is 13.0 Å². The van der Waals surface area contributed by atoms with E-state index in [1.165, 1.54) is 18.2 Å². The van der Waals surface area contributed by atoms with Crippen molar-refractivity contribution < 1.29 is 9.53 Å². The first-order chi connectivity index (χ1) is 9.33. The summed E-state index contributed by atoms with van der Waals surface area (Å²) in [4.78, 5) is 11.9. The second-order valence-corrected chi connectivity index (χ2v) is 4.92. The fourth-order valence-corrected chi connectivity index (χ4v) is 2.92. The van der Waals surface area contributed by atoms with Crippen molar-refractivity contribution in [3.63, 3.8) is 0 Å². The van der Waals surface area contributed by atoms with Crippen molar-refractivity contribution in [2.24, 2.45) is 5.92 Å². The quantitative estimate of drug-likeness (QED) is 0.783. The fraction of sp³-hybridized carbons (Fsp3) is 0.235. The molecule has 2 atom stereocenters. The molecule has 0 heterocycles. The van der Waals surface area contributed by atoms with E-state index in [0.717, 1.165) is 0 Å². The van der Waals surface area contributed by atoms with Crippen molar-refractivity contribution in [1.82, 2.24) is 0 Å². The number of ether oxygens (including phenoxy) is 1. The van der Waals surface area contributed by atoms with Crippen LogP contribution in [0.4, 0.5) is 0 Å². The van der Waals surface area contributed by atoms with Gasteiger partial charge >= 0.3 is 5.97 Å². The minimum Gasteiger partial charge on any atom is -0.469 e. The average Bonchev–Trinajstić information content (AvgIpc) is 3.24. The molecule has 2 aromatic carbocycles. The molecule has 2 heteroatoms. The van der Waals surface area contributed by atoms with Gasteiger partial charge in [-0.3, -0.25) is 4.79 Å². The Morgan fingerprint density at radius 2 is 1.26 bits per heavy atom. The van der Waals surface area contributed by atoms with E-state index in [4.69, 9.17) is 4.74 Å². The predicted molar refractivity (Wildman–Crippen MR) is 73.9 cm³/mol. The van der Waals surface area contributed by atoms with Gasteiger partial charge in [0.1, 0.15) is 0 Å². The number of rotatable bonds is 3. The number of benzene rings is 2. The lowest BCUT2D eigenvalue weighted by Crippen LogP contribution is -2.05. The zero-order valence-electron chi connectivity index (χ0n) is 10.8. The molecule has 0 unspecified atom stereocenters. The maximum absolute atomic E-state index is 11.9. The lowest BCUT2D eigenvalue weighted by molar-refractivity contribution is -0.142. The fourth-order valence-electron chi connectivity index (χ4n) is 2.92. The van der Waals surface area contributed by atoms with Gasteiger partial charge in [-0.25, -0.2) is 0 Å². The van der Waals surface area contributed by atoms with Crippen molar-refractivity contribution in [3.8, 4) is 0 Å². The van der Waals surface area contributed by atoms with Gasteiger partial charge in [-0.15, -0.1) is 0 Å². The molecule has 1 aliphatic carbocycles. The summed E-state index contributed by atoms with van der Waals surface area (Å²) >= 11 is 0. The van der Waals surface area contributed by atoms with Crippen LogP contribution in [0.2, 0.25) is 0 Å². The van der Waals surface area contributed by atoms with Gasteiger partial charge in [0, 0.05) is 11.8 Å². The van der Waals surface area contributed by atoms with Gasteiger partial charge < -0.3 is 4.74 Å². The molecule has 0 aliphatic heterocycles. The van der Waals surface area contributed by atoms with E-state index in [9.17, 15) is 4.79 Å². The van der Waals surface area contributed by atoms with Crippen molar-refractivity contribution in [3.05, 3.63) is 71.8 Å². The molecule has 96 valence electrons. The number of esters is 1. The van der Waals surface area contributed by atoms with Crippen LogP contribution < -0.4 is 0 Å². The highest BCUT2D eigenvalue weighted by atomic mass is 16.5. The molecular weight excluding hydrogens is 236 g/mol. The summed E-state index contributed by atoms with van der Waals surface area (Å²) in [7, 11) is 1.46. The molecule has 0 N–H and O–H groups in total. The molecule has 0 bridgehead atoms. The Hall–Kier alpha value is -2.09. The Morgan fingerprint density at radius 1 is 0.842 bits per heavy atom. The molecule has 3 rings (SSSR count). The molecule has 1 aliphatic rings. The van der Waals surface area contributed by atoms with E-state index >= 15 is 0 Å². The summed E-state index contributed by atoms with van der Waals surface area (Å²) in [5, 5.41) is 0. The van der Waals surface area contributed by atoms with Crippen LogP contribution in [0.25, 0.3) is 0 Å². The average molecular weight is 252 g/mol. The van der Waals surface area contributed by atoms with E-state index in [2.05, 4.69) is 24.3 Å². The molecular formula is C17H16O2. The van der Waals surface area contributed by atoms with Gasteiger partial charge in [-0.2, -0.15) is 0 Å². The number of methoxy groups -OCH3 is 1. The summed E-state index contributed by atoms with van der Waals surface area (Å²) in [6.45, 7) is 0. The van der Waals surface area contributed by atoms with Crippen molar-refractivity contribution >= 4 is 5.97 Å². The topological polar surface area (TPSA) is 26.3 Å². The number of carbonyl (C=O) groups excluding carboxylic acids is 1. The van der Waals surface area contributed by atoms with Crippen LogP contribution >= 0.6 is 0 Å². The summed E-state index contributed by atoms with van der Waals surface area (Å²) in [6.07, 6.45) is 0. The van der Waals surface area contributed by atoms with Crippen molar-refractivity contribution in [1.29, 1.82) is 0 Å². The lowest BCUT2D eigenvalue weighted by atomic mass is 10.0. The van der Waals surface area contributed by atoms with E-state index in [1.54, 1.807) is 0 Å². The van der Waals surface area contributed by atoms with Gasteiger partial charge in [0.2, 0.25) is 0 Å². The Bertz CT molecular complexity index is 517. The van der Waals surface area contributed by atoms with Crippen LogP contribution in [0.5, 0.6) is 0 Å². The predicted octanol–water partition coefficient (Wildman–Crippen LogP) is 3.36. The molecule has 1 fully saturated rings. The zero-order chi connectivity index (χ0) is 13.2. The zero-order valence-corrected chi connectivity index (χ0v) is 10.8. The first kappa shape index (κ1) is 12.0. The maximum Gasteiger partial charge on any atom is 0.309 e. The number of hydrogen-bond acceptors (Lipinski definition) is 2. The van der Waals surface area contributed by atoms with E-state index in [0.29, 0.717) is 0 Å². The molecule has 2 aromatic rings. The number of hydrogen-bond donors (Lipinski definition) is 0. The third-order valence-electron chi connectivity index (χ3n) is 3.86. The minimum absolute atomic E-state index is 0.0465. The molecule has 19 heavy (non-hydrogen) atoms. The maximum atomic E-state index is 11.9. The third-order valence-corrected chi connectivity index (χ3v) is 3.86. The Morgan fingerprint density at radius 3 is 1.63 bits per heavy atom.